The Morgan fingerprint density at radius 3 is 1.48 bits per heavy atom. The standard InChI is InChI=1S/C12H20O11P2/c1-9(2)11(13)19-5-7-21-25(18,23-24(15,16)17)22-8-6-20-12(14)10(3)4/h1,3,5-8H2,2,4H3,(H2,15,16,17). The van der Waals surface area contributed by atoms with Gasteiger partial charge in [-0.1, -0.05) is 13.2 Å². The highest BCUT2D eigenvalue weighted by Gasteiger charge is 2.36. The van der Waals surface area contributed by atoms with Crippen LogP contribution < -0.4 is 0 Å². The largest absolute Gasteiger partial charge is 0.483 e. The van der Waals surface area contributed by atoms with E-state index < -0.39 is 54.0 Å². The fourth-order valence-corrected chi connectivity index (χ4v) is 3.12. The molecule has 25 heavy (non-hydrogen) atoms. The molecular formula is C12H20O11P2. The summed E-state index contributed by atoms with van der Waals surface area (Å²) in [6.45, 7) is 7.61. The molecule has 144 valence electrons. The van der Waals surface area contributed by atoms with Gasteiger partial charge in [0.15, 0.2) is 0 Å². The molecule has 0 heterocycles. The van der Waals surface area contributed by atoms with Crippen molar-refractivity contribution in [2.75, 3.05) is 26.4 Å². The Labute approximate surface area is 144 Å². The third kappa shape index (κ3) is 11.8. The van der Waals surface area contributed by atoms with Gasteiger partial charge in [0.25, 0.3) is 0 Å². The quantitative estimate of drug-likeness (QED) is 0.211. The highest BCUT2D eigenvalue weighted by atomic mass is 31.3. The monoisotopic (exact) mass is 402 g/mol. The molecule has 0 spiro atoms. The van der Waals surface area contributed by atoms with Crippen molar-refractivity contribution in [2.45, 2.75) is 13.8 Å². The van der Waals surface area contributed by atoms with Crippen molar-refractivity contribution in [3.8, 4) is 0 Å². The van der Waals surface area contributed by atoms with Crippen LogP contribution in [-0.4, -0.2) is 48.2 Å². The molecule has 13 heteroatoms. The molecule has 0 aliphatic rings. The molecule has 2 N–H and O–H groups in total. The third-order valence-electron chi connectivity index (χ3n) is 2.04. The van der Waals surface area contributed by atoms with Crippen LogP contribution in [0.2, 0.25) is 0 Å². The summed E-state index contributed by atoms with van der Waals surface area (Å²) in [5, 5.41) is 0. The lowest BCUT2D eigenvalue weighted by atomic mass is 10.4. The molecule has 0 aromatic rings. The molecule has 0 saturated carbocycles. The third-order valence-corrected chi connectivity index (χ3v) is 4.68. The number of hydrogen-bond acceptors (Lipinski definition) is 9. The predicted molar refractivity (Wildman–Crippen MR) is 84.2 cm³/mol. The van der Waals surface area contributed by atoms with Crippen LogP contribution in [0.15, 0.2) is 24.3 Å². The van der Waals surface area contributed by atoms with E-state index in [2.05, 4.69) is 36.0 Å². The normalized spacial score (nSPS) is 11.7. The zero-order valence-electron chi connectivity index (χ0n) is 13.7. The van der Waals surface area contributed by atoms with Gasteiger partial charge >= 0.3 is 27.6 Å². The van der Waals surface area contributed by atoms with Gasteiger partial charge in [0.05, 0.1) is 13.2 Å². The number of phosphoric ester groups is 1. The molecule has 0 radical (unpaired) electrons. The van der Waals surface area contributed by atoms with Crippen molar-refractivity contribution in [2.24, 2.45) is 0 Å². The lowest BCUT2D eigenvalue weighted by Gasteiger charge is -2.18. The molecule has 0 saturated heterocycles. The number of carbonyl (C=O) groups excluding carboxylic acids is 2. The van der Waals surface area contributed by atoms with E-state index in [-0.39, 0.29) is 11.1 Å². The summed E-state index contributed by atoms with van der Waals surface area (Å²) < 4.78 is 45.5. The Morgan fingerprint density at radius 1 is 0.840 bits per heavy atom. The minimum atomic E-state index is -5.21. The van der Waals surface area contributed by atoms with Crippen LogP contribution in [0.5, 0.6) is 0 Å². The number of esters is 2. The second-order valence-corrected chi connectivity index (χ2v) is 7.56. The van der Waals surface area contributed by atoms with Crippen molar-refractivity contribution in [1.82, 2.24) is 0 Å². The summed E-state index contributed by atoms with van der Waals surface area (Å²) in [5.74, 6) is -1.47. The lowest BCUT2D eigenvalue weighted by molar-refractivity contribution is -0.140. The Kier molecular flexibility index (Phi) is 10.1. The van der Waals surface area contributed by atoms with E-state index in [1.807, 2.05) is 0 Å². The summed E-state index contributed by atoms with van der Waals surface area (Å²) in [7, 11) is -9.91. The Bertz CT molecular complexity index is 568. The van der Waals surface area contributed by atoms with Crippen LogP contribution in [0.1, 0.15) is 13.8 Å². The van der Waals surface area contributed by atoms with Crippen LogP contribution in [0.3, 0.4) is 0 Å². The van der Waals surface area contributed by atoms with Gasteiger partial charge in [0.2, 0.25) is 0 Å². The molecule has 0 fully saturated rings. The van der Waals surface area contributed by atoms with Gasteiger partial charge in [-0.2, -0.15) is 4.31 Å². The molecule has 0 atom stereocenters. The van der Waals surface area contributed by atoms with E-state index in [0.29, 0.717) is 0 Å². The van der Waals surface area contributed by atoms with Gasteiger partial charge in [0, 0.05) is 11.1 Å². The minimum Gasteiger partial charge on any atom is -0.460 e. The van der Waals surface area contributed by atoms with Gasteiger partial charge in [-0.25, -0.2) is 18.7 Å². The zero-order valence-corrected chi connectivity index (χ0v) is 15.5. The SMILES string of the molecule is C=C(C)C(=O)OCCOP(=O)(OCCOC(=O)C(=C)C)OP(=O)(O)O. The average molecular weight is 402 g/mol. The molecule has 0 amide bonds. The predicted octanol–water partition coefficient (Wildman–Crippen LogP) is 1.48. The van der Waals surface area contributed by atoms with Crippen LogP contribution in [0, 0.1) is 0 Å². The zero-order chi connectivity index (χ0) is 19.7. The van der Waals surface area contributed by atoms with Crippen LogP contribution in [0.4, 0.5) is 0 Å². The van der Waals surface area contributed by atoms with Crippen LogP contribution in [-0.2, 0) is 41.6 Å². The van der Waals surface area contributed by atoms with E-state index in [0.717, 1.165) is 0 Å². The fourth-order valence-electron chi connectivity index (χ4n) is 1.03. The number of rotatable bonds is 12. The first-order chi connectivity index (χ1) is 11.4. The maximum atomic E-state index is 12.1. The highest BCUT2D eigenvalue weighted by Crippen LogP contribution is 2.61. The number of phosphoric acid groups is 2. The van der Waals surface area contributed by atoms with Crippen molar-refractivity contribution >= 4 is 27.6 Å². The topological polar surface area (TPSA) is 155 Å². The number of hydrogen-bond donors (Lipinski definition) is 2. The second-order valence-electron chi connectivity index (χ2n) is 4.52. The van der Waals surface area contributed by atoms with Crippen LogP contribution >= 0.6 is 15.6 Å². The van der Waals surface area contributed by atoms with Crippen molar-refractivity contribution in [3.05, 3.63) is 24.3 Å². The van der Waals surface area contributed by atoms with E-state index in [4.69, 9.17) is 9.79 Å². The smallest absolute Gasteiger partial charge is 0.460 e. The molecule has 11 nitrogen and oxygen atoms in total. The Hall–Kier alpha value is -1.32. The highest BCUT2D eigenvalue weighted by molar-refractivity contribution is 7.61. The Morgan fingerprint density at radius 2 is 1.20 bits per heavy atom. The molecule has 0 bridgehead atoms. The molecule has 0 unspecified atom stereocenters. The molecular weight excluding hydrogens is 382 g/mol. The van der Waals surface area contributed by atoms with Gasteiger partial charge in [0.1, 0.15) is 13.2 Å². The first kappa shape index (κ1) is 23.7. The maximum absolute atomic E-state index is 12.1. The van der Waals surface area contributed by atoms with E-state index in [1.54, 1.807) is 0 Å². The first-order valence-corrected chi connectivity index (χ1v) is 9.66. The van der Waals surface area contributed by atoms with E-state index >= 15 is 0 Å². The first-order valence-electron chi connectivity index (χ1n) is 6.67. The van der Waals surface area contributed by atoms with E-state index in [9.17, 15) is 18.7 Å². The summed E-state index contributed by atoms with van der Waals surface area (Å²) in [5.41, 5.74) is 0.232. The van der Waals surface area contributed by atoms with Crippen molar-refractivity contribution < 1.29 is 51.3 Å². The summed E-state index contributed by atoms with van der Waals surface area (Å²) in [4.78, 5) is 39.8. The maximum Gasteiger partial charge on any atom is 0.483 e. The fraction of sp³-hybridized carbons (Fsp3) is 0.500. The molecule has 0 aliphatic carbocycles. The van der Waals surface area contributed by atoms with Crippen molar-refractivity contribution in [1.29, 1.82) is 0 Å². The Balaban J connectivity index is 4.53. The van der Waals surface area contributed by atoms with Crippen LogP contribution in [0.25, 0.3) is 0 Å². The van der Waals surface area contributed by atoms with Gasteiger partial charge in [-0.15, -0.1) is 0 Å². The summed E-state index contributed by atoms with van der Waals surface area (Å²) >= 11 is 0. The molecule has 0 aromatic heterocycles. The number of ether oxygens (including phenoxy) is 2. The lowest BCUT2D eigenvalue weighted by Crippen LogP contribution is -2.13. The van der Waals surface area contributed by atoms with Gasteiger partial charge < -0.3 is 19.3 Å². The second kappa shape index (κ2) is 10.6. The molecule has 0 rings (SSSR count). The number of carbonyl (C=O) groups is 2. The van der Waals surface area contributed by atoms with E-state index in [1.165, 1.54) is 13.8 Å². The molecule has 0 aliphatic heterocycles. The minimum absolute atomic E-state index is 0.116. The van der Waals surface area contributed by atoms with Gasteiger partial charge in [-0.3, -0.25) is 9.05 Å². The average Bonchev–Trinajstić information content (AvgIpc) is 2.45. The van der Waals surface area contributed by atoms with Crippen molar-refractivity contribution in [3.63, 3.8) is 0 Å². The van der Waals surface area contributed by atoms with Gasteiger partial charge in [-0.05, 0) is 13.8 Å². The molecule has 0 aromatic carbocycles. The summed E-state index contributed by atoms with van der Waals surface area (Å²) in [6, 6.07) is 0. The summed E-state index contributed by atoms with van der Waals surface area (Å²) in [6.07, 6.45) is 0.